The molecule has 1 unspecified atom stereocenters. The highest BCUT2D eigenvalue weighted by Gasteiger charge is 2.44. The predicted molar refractivity (Wildman–Crippen MR) is 91.3 cm³/mol. The van der Waals surface area contributed by atoms with Crippen molar-refractivity contribution in [3.8, 4) is 0 Å². The van der Waals surface area contributed by atoms with Gasteiger partial charge in [0.15, 0.2) is 0 Å². The molecule has 2 aromatic rings. The molecule has 0 radical (unpaired) electrons. The number of benzene rings is 2. The Morgan fingerprint density at radius 3 is 2.46 bits per heavy atom. The van der Waals surface area contributed by atoms with Gasteiger partial charge in [0.2, 0.25) is 5.91 Å². The summed E-state index contributed by atoms with van der Waals surface area (Å²) in [4.78, 5) is 48.6. The highest BCUT2D eigenvalue weighted by atomic mass is 16.6. The van der Waals surface area contributed by atoms with Crippen molar-refractivity contribution in [1.82, 2.24) is 10.2 Å². The fraction of sp³-hybridized carbons (Fsp3) is 0.167. The lowest BCUT2D eigenvalue weighted by Gasteiger charge is -2.21. The zero-order valence-corrected chi connectivity index (χ0v) is 13.8. The average Bonchev–Trinajstić information content (AvgIpc) is 2.90. The van der Waals surface area contributed by atoms with Crippen molar-refractivity contribution in [3.63, 3.8) is 0 Å². The maximum absolute atomic E-state index is 12.6. The van der Waals surface area contributed by atoms with Crippen LogP contribution >= 0.6 is 0 Å². The molecule has 1 aliphatic rings. The summed E-state index contributed by atoms with van der Waals surface area (Å²) in [5.41, 5.74) is 0.0865. The van der Waals surface area contributed by atoms with Crippen LogP contribution in [0.4, 0.5) is 5.69 Å². The number of hydrogen-bond acceptors (Lipinski definition) is 5. The Kier molecular flexibility index (Phi) is 4.49. The standard InChI is InChI=1S/C18H15N3O5/c1-11(16(22)19-10-12-6-3-2-4-7-12)20-17(23)13-8-5-9-14(21(25)26)15(13)18(20)24/h2-9,11H,10H2,1H3,(H,19,22). The van der Waals surface area contributed by atoms with Crippen molar-refractivity contribution in [1.29, 1.82) is 0 Å². The summed E-state index contributed by atoms with van der Waals surface area (Å²) in [7, 11) is 0. The number of rotatable bonds is 5. The van der Waals surface area contributed by atoms with Gasteiger partial charge in [-0.25, -0.2) is 0 Å². The van der Waals surface area contributed by atoms with Crippen molar-refractivity contribution >= 4 is 23.4 Å². The Morgan fingerprint density at radius 2 is 1.81 bits per heavy atom. The van der Waals surface area contributed by atoms with E-state index >= 15 is 0 Å². The summed E-state index contributed by atoms with van der Waals surface area (Å²) in [5, 5.41) is 13.8. The topological polar surface area (TPSA) is 110 Å². The monoisotopic (exact) mass is 353 g/mol. The molecule has 8 heteroatoms. The van der Waals surface area contributed by atoms with E-state index in [1.807, 2.05) is 30.3 Å². The molecule has 0 bridgehead atoms. The number of carbonyl (C=O) groups is 3. The van der Waals surface area contributed by atoms with E-state index in [4.69, 9.17) is 0 Å². The molecule has 1 N–H and O–H groups in total. The van der Waals surface area contributed by atoms with Gasteiger partial charge in [0.05, 0.1) is 10.5 Å². The van der Waals surface area contributed by atoms with Crippen molar-refractivity contribution < 1.29 is 19.3 Å². The summed E-state index contributed by atoms with van der Waals surface area (Å²) < 4.78 is 0. The van der Waals surface area contributed by atoms with Crippen molar-refractivity contribution in [2.75, 3.05) is 0 Å². The number of hydrogen-bond donors (Lipinski definition) is 1. The molecule has 1 heterocycles. The van der Waals surface area contributed by atoms with E-state index < -0.39 is 34.4 Å². The van der Waals surface area contributed by atoms with Crippen LogP contribution in [0.1, 0.15) is 33.2 Å². The first-order valence-electron chi connectivity index (χ1n) is 7.88. The fourth-order valence-electron chi connectivity index (χ4n) is 2.84. The quantitative estimate of drug-likeness (QED) is 0.501. The number of nitrogens with one attached hydrogen (secondary N) is 1. The van der Waals surface area contributed by atoms with Crippen LogP contribution in [0.5, 0.6) is 0 Å². The number of carbonyl (C=O) groups excluding carboxylic acids is 3. The molecule has 0 aromatic heterocycles. The summed E-state index contributed by atoms with van der Waals surface area (Å²) in [6.07, 6.45) is 0. The van der Waals surface area contributed by atoms with E-state index in [-0.39, 0.29) is 17.7 Å². The van der Waals surface area contributed by atoms with Gasteiger partial charge in [-0.2, -0.15) is 0 Å². The van der Waals surface area contributed by atoms with Crippen LogP contribution in [0, 0.1) is 10.1 Å². The average molecular weight is 353 g/mol. The van der Waals surface area contributed by atoms with Gasteiger partial charge in [-0.1, -0.05) is 36.4 Å². The lowest BCUT2D eigenvalue weighted by atomic mass is 10.1. The molecule has 3 amide bonds. The summed E-state index contributed by atoms with van der Waals surface area (Å²) >= 11 is 0. The Morgan fingerprint density at radius 1 is 1.12 bits per heavy atom. The first-order valence-corrected chi connectivity index (χ1v) is 7.88. The van der Waals surface area contributed by atoms with Crippen LogP contribution in [0.15, 0.2) is 48.5 Å². The van der Waals surface area contributed by atoms with Crippen LogP contribution in [0.3, 0.4) is 0 Å². The molecule has 0 spiro atoms. The molecule has 8 nitrogen and oxygen atoms in total. The van der Waals surface area contributed by atoms with E-state index in [1.54, 1.807) is 0 Å². The van der Waals surface area contributed by atoms with Gasteiger partial charge in [0.1, 0.15) is 11.6 Å². The van der Waals surface area contributed by atoms with E-state index in [0.717, 1.165) is 16.5 Å². The van der Waals surface area contributed by atoms with Gasteiger partial charge in [0.25, 0.3) is 17.5 Å². The highest BCUT2D eigenvalue weighted by Crippen LogP contribution is 2.31. The normalized spacial score (nSPS) is 14.1. The van der Waals surface area contributed by atoms with Crippen LogP contribution < -0.4 is 5.32 Å². The van der Waals surface area contributed by atoms with Gasteiger partial charge in [-0.05, 0) is 18.6 Å². The number of amides is 3. The lowest BCUT2D eigenvalue weighted by Crippen LogP contribution is -2.47. The molecule has 1 aliphatic heterocycles. The maximum atomic E-state index is 12.6. The van der Waals surface area contributed by atoms with Crippen molar-refractivity contribution in [2.45, 2.75) is 19.5 Å². The fourth-order valence-corrected chi connectivity index (χ4v) is 2.84. The molecule has 3 rings (SSSR count). The predicted octanol–water partition coefficient (Wildman–Crippen LogP) is 1.90. The zero-order valence-electron chi connectivity index (χ0n) is 13.8. The minimum atomic E-state index is -1.09. The molecule has 1 atom stereocenters. The second-order valence-corrected chi connectivity index (χ2v) is 5.82. The Bertz CT molecular complexity index is 910. The number of imide groups is 1. The number of nitro groups is 1. The maximum Gasteiger partial charge on any atom is 0.282 e. The van der Waals surface area contributed by atoms with E-state index in [9.17, 15) is 24.5 Å². The molecule has 132 valence electrons. The third-order valence-electron chi connectivity index (χ3n) is 4.20. The minimum absolute atomic E-state index is 0.0630. The van der Waals surface area contributed by atoms with Crippen LogP contribution in [0.2, 0.25) is 0 Å². The summed E-state index contributed by atoms with van der Waals surface area (Å²) in [6.45, 7) is 1.65. The van der Waals surface area contributed by atoms with Gasteiger partial charge in [-0.3, -0.25) is 29.4 Å². The summed E-state index contributed by atoms with van der Waals surface area (Å²) in [6, 6.07) is 11.9. The van der Waals surface area contributed by atoms with Crippen molar-refractivity contribution in [3.05, 3.63) is 75.3 Å². The second kappa shape index (κ2) is 6.75. The number of nitrogens with zero attached hydrogens (tertiary/aromatic N) is 2. The van der Waals surface area contributed by atoms with E-state index in [0.29, 0.717) is 0 Å². The van der Waals surface area contributed by atoms with Gasteiger partial charge in [0, 0.05) is 12.6 Å². The Labute approximate surface area is 148 Å². The molecule has 2 aromatic carbocycles. The Balaban J connectivity index is 1.80. The molecular weight excluding hydrogens is 338 g/mol. The van der Waals surface area contributed by atoms with Crippen LogP contribution in [-0.4, -0.2) is 33.6 Å². The summed E-state index contributed by atoms with van der Waals surface area (Å²) in [5.74, 6) is -2.07. The van der Waals surface area contributed by atoms with Crippen LogP contribution in [-0.2, 0) is 11.3 Å². The Hall–Kier alpha value is -3.55. The highest BCUT2D eigenvalue weighted by molar-refractivity contribution is 6.24. The molecule has 0 fully saturated rings. The van der Waals surface area contributed by atoms with E-state index in [1.165, 1.54) is 19.1 Å². The molecule has 26 heavy (non-hydrogen) atoms. The number of fused-ring (bicyclic) bond motifs is 1. The molecule has 0 aliphatic carbocycles. The smallest absolute Gasteiger partial charge is 0.282 e. The second-order valence-electron chi connectivity index (χ2n) is 5.82. The SMILES string of the molecule is CC(C(=O)NCc1ccccc1)N1C(=O)c2cccc([N+](=O)[O-])c2C1=O. The van der Waals surface area contributed by atoms with Gasteiger partial charge in [-0.15, -0.1) is 0 Å². The zero-order chi connectivity index (χ0) is 18.8. The molecule has 0 saturated heterocycles. The largest absolute Gasteiger partial charge is 0.350 e. The van der Waals surface area contributed by atoms with Crippen molar-refractivity contribution in [2.24, 2.45) is 0 Å². The first kappa shape index (κ1) is 17.3. The van der Waals surface area contributed by atoms with Crippen LogP contribution in [0.25, 0.3) is 0 Å². The first-order chi connectivity index (χ1) is 12.4. The third-order valence-corrected chi connectivity index (χ3v) is 4.20. The molecule has 0 saturated carbocycles. The minimum Gasteiger partial charge on any atom is -0.350 e. The van der Waals surface area contributed by atoms with Gasteiger partial charge >= 0.3 is 0 Å². The van der Waals surface area contributed by atoms with E-state index in [2.05, 4.69) is 5.32 Å². The number of nitro benzene ring substituents is 1. The third kappa shape index (κ3) is 2.92. The van der Waals surface area contributed by atoms with Gasteiger partial charge < -0.3 is 5.32 Å². The lowest BCUT2D eigenvalue weighted by molar-refractivity contribution is -0.385. The molecular formula is C18H15N3O5.